The molecule has 0 N–H and O–H groups in total. The summed E-state index contributed by atoms with van der Waals surface area (Å²) in [5.41, 5.74) is 0. The van der Waals surface area contributed by atoms with Gasteiger partial charge in [0, 0.05) is 16.8 Å². The topological polar surface area (TPSA) is 44.8 Å². The van der Waals surface area contributed by atoms with Gasteiger partial charge >= 0.3 is 5.97 Å². The summed E-state index contributed by atoms with van der Waals surface area (Å²) < 4.78 is 15.8. The summed E-state index contributed by atoms with van der Waals surface area (Å²) in [5, 5.41) is 1.94. The normalized spacial score (nSPS) is 10.1. The third-order valence-electron chi connectivity index (χ3n) is 2.82. The van der Waals surface area contributed by atoms with Crippen molar-refractivity contribution in [2.75, 3.05) is 20.3 Å². The van der Waals surface area contributed by atoms with Crippen LogP contribution in [0.5, 0.6) is 11.5 Å². The Hall–Kier alpha value is -2.49. The summed E-state index contributed by atoms with van der Waals surface area (Å²) in [6, 6.07) is 11.5. The maximum atomic E-state index is 10.9. The largest absolute Gasteiger partial charge is 0.496 e. The molecule has 0 saturated heterocycles. The second kappa shape index (κ2) is 6.61. The summed E-state index contributed by atoms with van der Waals surface area (Å²) in [6.45, 7) is 3.80. The third-order valence-corrected chi connectivity index (χ3v) is 2.82. The van der Waals surface area contributed by atoms with E-state index in [0.29, 0.717) is 0 Å². The maximum absolute atomic E-state index is 10.9. The number of carbonyl (C=O) groups is 1. The average molecular weight is 272 g/mol. The molecule has 0 spiro atoms. The fourth-order valence-electron chi connectivity index (χ4n) is 1.90. The minimum atomic E-state index is -0.451. The van der Waals surface area contributed by atoms with Crippen molar-refractivity contribution in [2.45, 2.75) is 0 Å². The minimum Gasteiger partial charge on any atom is -0.496 e. The van der Waals surface area contributed by atoms with Gasteiger partial charge in [-0.15, -0.1) is 0 Å². The zero-order valence-electron chi connectivity index (χ0n) is 11.3. The van der Waals surface area contributed by atoms with Crippen molar-refractivity contribution in [3.05, 3.63) is 49.1 Å². The van der Waals surface area contributed by atoms with Gasteiger partial charge in [-0.1, -0.05) is 30.8 Å². The van der Waals surface area contributed by atoms with Crippen molar-refractivity contribution in [1.29, 1.82) is 0 Å². The summed E-state index contributed by atoms with van der Waals surface area (Å²) in [6.07, 6.45) is 1.13. The average Bonchev–Trinajstić information content (AvgIpc) is 2.51. The smallest absolute Gasteiger partial charge is 0.330 e. The zero-order valence-corrected chi connectivity index (χ0v) is 11.3. The number of hydrogen-bond donors (Lipinski definition) is 0. The molecule has 2 aromatic rings. The highest BCUT2D eigenvalue weighted by atomic mass is 16.6. The second-order valence-electron chi connectivity index (χ2n) is 4.03. The zero-order chi connectivity index (χ0) is 14.4. The van der Waals surface area contributed by atoms with Crippen molar-refractivity contribution in [2.24, 2.45) is 0 Å². The highest BCUT2D eigenvalue weighted by molar-refractivity contribution is 5.93. The molecule has 0 saturated carbocycles. The van der Waals surface area contributed by atoms with Crippen molar-refractivity contribution < 1.29 is 19.0 Å². The first kappa shape index (κ1) is 13.9. The second-order valence-corrected chi connectivity index (χ2v) is 4.03. The standard InChI is InChI=1S/C16H16O4/c1-3-16(17)20-11-10-19-15-9-8-14(18-2)12-6-4-5-7-13(12)15/h3-9H,1,10-11H2,2H3. The van der Waals surface area contributed by atoms with Crippen LogP contribution in [-0.2, 0) is 9.53 Å². The Morgan fingerprint density at radius 3 is 2.40 bits per heavy atom. The van der Waals surface area contributed by atoms with Crippen LogP contribution in [0.25, 0.3) is 10.8 Å². The first-order valence-corrected chi connectivity index (χ1v) is 6.24. The SMILES string of the molecule is C=CC(=O)OCCOc1ccc(OC)c2ccccc12. The van der Waals surface area contributed by atoms with Gasteiger partial charge in [0.15, 0.2) is 0 Å². The Morgan fingerprint density at radius 2 is 1.75 bits per heavy atom. The first-order valence-electron chi connectivity index (χ1n) is 6.24. The van der Waals surface area contributed by atoms with Crippen LogP contribution >= 0.6 is 0 Å². The van der Waals surface area contributed by atoms with Crippen molar-refractivity contribution >= 4 is 16.7 Å². The lowest BCUT2D eigenvalue weighted by molar-refractivity contribution is -0.138. The Bertz CT molecular complexity index is 619. The third kappa shape index (κ3) is 3.09. The van der Waals surface area contributed by atoms with E-state index in [1.54, 1.807) is 7.11 Å². The van der Waals surface area contributed by atoms with Gasteiger partial charge in [-0.05, 0) is 12.1 Å². The molecule has 4 nitrogen and oxygen atoms in total. The van der Waals surface area contributed by atoms with Crippen LogP contribution in [0.4, 0.5) is 0 Å². The number of methoxy groups -OCH3 is 1. The first-order chi connectivity index (χ1) is 9.76. The van der Waals surface area contributed by atoms with E-state index in [1.165, 1.54) is 0 Å². The monoisotopic (exact) mass is 272 g/mol. The lowest BCUT2D eigenvalue weighted by atomic mass is 10.1. The lowest BCUT2D eigenvalue weighted by Crippen LogP contribution is -2.10. The predicted molar refractivity (Wildman–Crippen MR) is 77.2 cm³/mol. The molecule has 4 heteroatoms. The predicted octanol–water partition coefficient (Wildman–Crippen LogP) is 2.96. The molecule has 0 bridgehead atoms. The van der Waals surface area contributed by atoms with Gasteiger partial charge in [0.1, 0.15) is 24.7 Å². The maximum Gasteiger partial charge on any atom is 0.330 e. The molecule has 0 aliphatic heterocycles. The van der Waals surface area contributed by atoms with Gasteiger partial charge in [-0.2, -0.15) is 0 Å². The Kier molecular flexibility index (Phi) is 4.60. The van der Waals surface area contributed by atoms with Gasteiger partial charge in [0.25, 0.3) is 0 Å². The van der Waals surface area contributed by atoms with Crippen LogP contribution in [-0.4, -0.2) is 26.3 Å². The van der Waals surface area contributed by atoms with E-state index < -0.39 is 5.97 Å². The van der Waals surface area contributed by atoms with Crippen LogP contribution in [0.15, 0.2) is 49.1 Å². The van der Waals surface area contributed by atoms with E-state index in [-0.39, 0.29) is 13.2 Å². The molecule has 0 fully saturated rings. The van der Waals surface area contributed by atoms with Crippen LogP contribution < -0.4 is 9.47 Å². The lowest BCUT2D eigenvalue weighted by Gasteiger charge is -2.11. The van der Waals surface area contributed by atoms with Crippen LogP contribution in [0.1, 0.15) is 0 Å². The van der Waals surface area contributed by atoms with Crippen LogP contribution in [0.3, 0.4) is 0 Å². The summed E-state index contributed by atoms with van der Waals surface area (Å²) in [4.78, 5) is 10.9. The molecule has 0 aliphatic rings. The molecule has 20 heavy (non-hydrogen) atoms. The van der Waals surface area contributed by atoms with E-state index >= 15 is 0 Å². The minimum absolute atomic E-state index is 0.186. The molecular weight excluding hydrogens is 256 g/mol. The summed E-state index contributed by atoms with van der Waals surface area (Å²) in [7, 11) is 1.64. The highest BCUT2D eigenvalue weighted by Gasteiger charge is 2.07. The molecule has 0 unspecified atom stereocenters. The fourth-order valence-corrected chi connectivity index (χ4v) is 1.90. The van der Waals surface area contributed by atoms with Gasteiger partial charge in [0.05, 0.1) is 7.11 Å². The molecule has 2 rings (SSSR count). The fraction of sp³-hybridized carbons (Fsp3) is 0.188. The summed E-state index contributed by atoms with van der Waals surface area (Å²) >= 11 is 0. The van der Waals surface area contributed by atoms with Gasteiger partial charge in [-0.3, -0.25) is 0 Å². The molecule has 0 heterocycles. The molecule has 0 aliphatic carbocycles. The highest BCUT2D eigenvalue weighted by Crippen LogP contribution is 2.32. The van der Waals surface area contributed by atoms with Gasteiger partial charge in [0.2, 0.25) is 0 Å². The van der Waals surface area contributed by atoms with E-state index in [9.17, 15) is 4.79 Å². The Labute approximate surface area is 117 Å². The quantitative estimate of drug-likeness (QED) is 0.461. The molecule has 0 radical (unpaired) electrons. The molecule has 0 amide bonds. The molecule has 0 atom stereocenters. The number of fused-ring (bicyclic) bond motifs is 1. The number of hydrogen-bond acceptors (Lipinski definition) is 4. The molecule has 0 aromatic heterocycles. The van der Waals surface area contributed by atoms with E-state index in [4.69, 9.17) is 14.2 Å². The Morgan fingerprint density at radius 1 is 1.10 bits per heavy atom. The van der Waals surface area contributed by atoms with Crippen molar-refractivity contribution in [1.82, 2.24) is 0 Å². The van der Waals surface area contributed by atoms with Crippen molar-refractivity contribution in [3.63, 3.8) is 0 Å². The van der Waals surface area contributed by atoms with Crippen LogP contribution in [0, 0.1) is 0 Å². The number of ether oxygens (including phenoxy) is 3. The summed E-state index contributed by atoms with van der Waals surface area (Å²) in [5.74, 6) is 1.08. The van der Waals surface area contributed by atoms with Crippen LogP contribution in [0.2, 0.25) is 0 Å². The number of carbonyl (C=O) groups excluding carboxylic acids is 1. The molecular formula is C16H16O4. The van der Waals surface area contributed by atoms with Gasteiger partial charge < -0.3 is 14.2 Å². The number of rotatable bonds is 6. The van der Waals surface area contributed by atoms with E-state index in [1.807, 2.05) is 36.4 Å². The van der Waals surface area contributed by atoms with E-state index in [0.717, 1.165) is 28.3 Å². The van der Waals surface area contributed by atoms with Gasteiger partial charge in [-0.25, -0.2) is 4.79 Å². The number of esters is 1. The Balaban J connectivity index is 2.11. The van der Waals surface area contributed by atoms with E-state index in [2.05, 4.69) is 6.58 Å². The van der Waals surface area contributed by atoms with Crippen molar-refractivity contribution in [3.8, 4) is 11.5 Å². The molecule has 104 valence electrons. The number of benzene rings is 2. The molecule has 2 aromatic carbocycles.